The molecule has 0 heterocycles. The van der Waals surface area contributed by atoms with Gasteiger partial charge in [-0.15, -0.1) is 12.6 Å². The van der Waals surface area contributed by atoms with Crippen LogP contribution in [0.15, 0.2) is 0 Å². The molecule has 6 heteroatoms. The molecule has 0 amide bonds. The van der Waals surface area contributed by atoms with Crippen LogP contribution in [-0.2, 0) is 12.8 Å². The van der Waals surface area contributed by atoms with E-state index in [2.05, 4.69) is 59.9 Å². The zero-order valence-electron chi connectivity index (χ0n) is 3.67. The molecule has 0 rings (SSSR count). The SMILES string of the molecule is S=C(S)NC(=S)N[S-]. The van der Waals surface area contributed by atoms with E-state index < -0.39 is 0 Å². The van der Waals surface area contributed by atoms with Gasteiger partial charge < -0.3 is 22.9 Å². The normalized spacial score (nSPS) is 7.75. The van der Waals surface area contributed by atoms with Crippen LogP contribution in [0, 0.1) is 0 Å². The van der Waals surface area contributed by atoms with Crippen LogP contribution in [0.4, 0.5) is 0 Å². The van der Waals surface area contributed by atoms with Gasteiger partial charge in [-0.3, -0.25) is 0 Å². The van der Waals surface area contributed by atoms with Crippen molar-refractivity contribution in [3.8, 4) is 0 Å². The third kappa shape index (κ3) is 4.63. The molecule has 0 spiro atoms. The van der Waals surface area contributed by atoms with Crippen LogP contribution in [0.25, 0.3) is 0 Å². The molecule has 0 aromatic heterocycles. The molecule has 0 saturated heterocycles. The number of nitrogens with one attached hydrogen (secondary N) is 2. The Hall–Kier alpha value is 0.480. The summed E-state index contributed by atoms with van der Waals surface area (Å²) >= 11 is 17.2. The molecular weight excluding hydrogens is 180 g/mol. The average molecular weight is 183 g/mol. The molecule has 2 nitrogen and oxygen atoms in total. The van der Waals surface area contributed by atoms with Crippen LogP contribution in [0.5, 0.6) is 0 Å². The summed E-state index contributed by atoms with van der Waals surface area (Å²) in [5, 5.41) is 2.81. The van der Waals surface area contributed by atoms with Crippen molar-refractivity contribution in [3.63, 3.8) is 0 Å². The van der Waals surface area contributed by atoms with E-state index in [-0.39, 0.29) is 0 Å². The molecule has 0 aliphatic carbocycles. The fourth-order valence-corrected chi connectivity index (χ4v) is 0.630. The van der Waals surface area contributed by atoms with E-state index in [1.807, 2.05) is 0 Å². The first-order chi connectivity index (χ1) is 3.66. The van der Waals surface area contributed by atoms with Gasteiger partial charge in [0.05, 0.1) is 0 Å². The van der Waals surface area contributed by atoms with Gasteiger partial charge >= 0.3 is 0 Å². The number of thiocarbonyl (C=S) groups is 2. The van der Waals surface area contributed by atoms with Gasteiger partial charge in [0.25, 0.3) is 0 Å². The highest BCUT2D eigenvalue weighted by Crippen LogP contribution is 1.75. The Labute approximate surface area is 69.4 Å². The van der Waals surface area contributed by atoms with Crippen molar-refractivity contribution in [1.29, 1.82) is 0 Å². The molecule has 0 aromatic carbocycles. The Balaban J connectivity index is 3.40. The second kappa shape index (κ2) is 4.37. The van der Waals surface area contributed by atoms with Crippen molar-refractivity contribution in [3.05, 3.63) is 0 Å². The smallest absolute Gasteiger partial charge is 0.149 e. The number of hydrogen-bond acceptors (Lipinski definition) is 3. The summed E-state index contributed by atoms with van der Waals surface area (Å²) in [6, 6.07) is 0. The van der Waals surface area contributed by atoms with Crippen LogP contribution in [0.1, 0.15) is 0 Å². The molecule has 0 saturated carbocycles. The summed E-state index contributed by atoms with van der Waals surface area (Å²) in [5.74, 6) is 0. The van der Waals surface area contributed by atoms with Crippen molar-refractivity contribution in [2.24, 2.45) is 0 Å². The minimum absolute atomic E-state index is 0.306. The molecule has 46 valence electrons. The van der Waals surface area contributed by atoms with E-state index in [9.17, 15) is 0 Å². The second-order valence-corrected chi connectivity index (χ2v) is 2.63. The topological polar surface area (TPSA) is 24.1 Å². The van der Waals surface area contributed by atoms with E-state index in [0.717, 1.165) is 0 Å². The maximum absolute atomic E-state index is 4.57. The first kappa shape index (κ1) is 8.48. The molecule has 0 aliphatic rings. The molecule has 0 atom stereocenters. The Morgan fingerprint density at radius 2 is 2.00 bits per heavy atom. The molecule has 8 heavy (non-hydrogen) atoms. The van der Waals surface area contributed by atoms with Gasteiger partial charge in [-0.1, -0.05) is 12.2 Å². The summed E-state index contributed by atoms with van der Waals surface area (Å²) in [6.45, 7) is 0. The Bertz CT molecular complexity index is 111. The Morgan fingerprint density at radius 3 is 2.12 bits per heavy atom. The zero-order chi connectivity index (χ0) is 6.57. The monoisotopic (exact) mass is 183 g/mol. The van der Waals surface area contributed by atoms with E-state index in [1.165, 1.54) is 0 Å². The molecule has 0 aromatic rings. The lowest BCUT2D eigenvalue weighted by molar-refractivity contribution is 1.37. The van der Waals surface area contributed by atoms with Crippen LogP contribution in [0.3, 0.4) is 0 Å². The fraction of sp³-hybridized carbons (Fsp3) is 0. The van der Waals surface area contributed by atoms with E-state index in [1.54, 1.807) is 0 Å². The van der Waals surface area contributed by atoms with Gasteiger partial charge in [-0.25, -0.2) is 0 Å². The first-order valence-corrected chi connectivity index (χ1v) is 3.26. The van der Waals surface area contributed by atoms with Gasteiger partial charge in [0.2, 0.25) is 0 Å². The summed E-state index contributed by atoms with van der Waals surface area (Å²) in [4.78, 5) is 0. The molecule has 0 radical (unpaired) electrons. The van der Waals surface area contributed by atoms with E-state index in [0.29, 0.717) is 9.43 Å². The second-order valence-electron chi connectivity index (χ2n) is 0.861. The quantitative estimate of drug-likeness (QED) is 0.281. The predicted molar refractivity (Wildman–Crippen MR) is 47.8 cm³/mol. The Morgan fingerprint density at radius 1 is 1.50 bits per heavy atom. The van der Waals surface area contributed by atoms with Crippen LogP contribution in [0.2, 0.25) is 0 Å². The van der Waals surface area contributed by atoms with Gasteiger partial charge in [-0.05, 0) is 12.2 Å². The van der Waals surface area contributed by atoms with Gasteiger partial charge in [0, 0.05) is 0 Å². The van der Waals surface area contributed by atoms with Crippen molar-refractivity contribution in [1.82, 2.24) is 10.0 Å². The molecule has 2 N–H and O–H groups in total. The third-order valence-electron chi connectivity index (χ3n) is 0.313. The average Bonchev–Trinajstić information content (AvgIpc) is 1.65. The molecule has 0 bridgehead atoms. The van der Waals surface area contributed by atoms with Crippen LogP contribution < -0.4 is 10.0 Å². The minimum atomic E-state index is 0.306. The maximum Gasteiger partial charge on any atom is 0.149 e. The highest BCUT2D eigenvalue weighted by Gasteiger charge is 1.85. The highest BCUT2D eigenvalue weighted by atomic mass is 32.1. The fourth-order valence-electron chi connectivity index (χ4n) is 0.123. The third-order valence-corrected chi connectivity index (χ3v) is 1.06. The standard InChI is InChI=1S/C2H3N2S4/c5-1(4-8)3-2(6)7/h(H3-,3,4,5,6,7,8)/q-1. The van der Waals surface area contributed by atoms with Crippen molar-refractivity contribution in [2.75, 3.05) is 0 Å². The summed E-state index contributed by atoms with van der Waals surface area (Å²) < 4.78 is 2.58. The summed E-state index contributed by atoms with van der Waals surface area (Å²) in [6.07, 6.45) is 0. The lowest BCUT2D eigenvalue weighted by atomic mass is 11.1. The minimum Gasteiger partial charge on any atom is -0.668 e. The molecule has 0 unspecified atom stereocenters. The van der Waals surface area contributed by atoms with E-state index in [4.69, 9.17) is 0 Å². The lowest BCUT2D eigenvalue weighted by Gasteiger charge is -2.10. The zero-order valence-corrected chi connectivity index (χ0v) is 7.02. The van der Waals surface area contributed by atoms with Gasteiger partial charge in [0.15, 0.2) is 0 Å². The number of hydrogen-bond donors (Lipinski definition) is 3. The van der Waals surface area contributed by atoms with Crippen molar-refractivity contribution >= 4 is 59.3 Å². The largest absolute Gasteiger partial charge is 0.668 e. The van der Waals surface area contributed by atoms with Crippen LogP contribution >= 0.6 is 37.1 Å². The maximum atomic E-state index is 4.57. The number of rotatable bonds is 0. The van der Waals surface area contributed by atoms with Gasteiger partial charge in [-0.2, -0.15) is 0 Å². The molecule has 0 aliphatic heterocycles. The van der Waals surface area contributed by atoms with Crippen molar-refractivity contribution in [2.45, 2.75) is 0 Å². The van der Waals surface area contributed by atoms with Gasteiger partial charge in [0.1, 0.15) is 9.43 Å². The predicted octanol–water partition coefficient (Wildman–Crippen LogP) is 0.127. The highest BCUT2D eigenvalue weighted by molar-refractivity contribution is 8.11. The lowest BCUT2D eigenvalue weighted by Crippen LogP contribution is -2.32. The Kier molecular flexibility index (Phi) is 4.63. The van der Waals surface area contributed by atoms with Crippen molar-refractivity contribution < 1.29 is 0 Å². The molecular formula is C2H3N2S4-. The summed E-state index contributed by atoms with van der Waals surface area (Å²) in [7, 11) is 0. The van der Waals surface area contributed by atoms with E-state index >= 15 is 0 Å². The summed E-state index contributed by atoms with van der Waals surface area (Å²) in [5.41, 5.74) is 0. The molecule has 0 fully saturated rings. The number of thiol groups is 1. The van der Waals surface area contributed by atoms with Crippen LogP contribution in [-0.4, -0.2) is 9.43 Å². The first-order valence-electron chi connectivity index (χ1n) is 1.59.